The third-order valence-electron chi connectivity index (χ3n) is 8.15. The van der Waals surface area contributed by atoms with Crippen LogP contribution in [0.2, 0.25) is 0 Å². The number of esters is 1. The highest BCUT2D eigenvalue weighted by atomic mass is 16.8. The van der Waals surface area contributed by atoms with Crippen molar-refractivity contribution >= 4 is 5.97 Å². The van der Waals surface area contributed by atoms with Crippen molar-refractivity contribution in [1.29, 1.82) is 0 Å². The fourth-order valence-electron chi connectivity index (χ4n) is 5.46. The molecule has 2 saturated heterocycles. The molecule has 2 rings (SSSR count). The molecule has 5 nitrogen and oxygen atoms in total. The van der Waals surface area contributed by atoms with E-state index in [4.69, 9.17) is 14.2 Å². The van der Waals surface area contributed by atoms with Crippen molar-refractivity contribution in [1.82, 2.24) is 5.32 Å². The number of nitrogens with one attached hydrogen (secondary N) is 1. The summed E-state index contributed by atoms with van der Waals surface area (Å²) >= 11 is 0. The SMILES string of the molecule is CCCCCCCCCCCC(=O)OCC1COC2(CC(C)(CC)NC(C)(CC)C2C)O1. The molecule has 0 aromatic heterocycles. The van der Waals surface area contributed by atoms with E-state index >= 15 is 0 Å². The van der Waals surface area contributed by atoms with Gasteiger partial charge in [-0.2, -0.15) is 0 Å². The van der Waals surface area contributed by atoms with Gasteiger partial charge in [-0.15, -0.1) is 0 Å². The predicted molar refractivity (Wildman–Crippen MR) is 131 cm³/mol. The van der Waals surface area contributed by atoms with Gasteiger partial charge < -0.3 is 19.5 Å². The van der Waals surface area contributed by atoms with Crippen LogP contribution in [0.5, 0.6) is 0 Å². The minimum Gasteiger partial charge on any atom is -0.463 e. The highest BCUT2D eigenvalue weighted by molar-refractivity contribution is 5.69. The first-order valence-corrected chi connectivity index (χ1v) is 13.5. The molecule has 0 amide bonds. The van der Waals surface area contributed by atoms with Gasteiger partial charge in [0.1, 0.15) is 12.7 Å². The van der Waals surface area contributed by atoms with Gasteiger partial charge in [-0.1, -0.05) is 79.1 Å². The number of hydrogen-bond donors (Lipinski definition) is 1. The Balaban J connectivity index is 1.70. The Morgan fingerprint density at radius 2 is 1.59 bits per heavy atom. The number of rotatable bonds is 14. The van der Waals surface area contributed by atoms with Gasteiger partial charge in [0.2, 0.25) is 0 Å². The van der Waals surface area contributed by atoms with Crippen molar-refractivity contribution in [2.45, 2.75) is 148 Å². The zero-order valence-electron chi connectivity index (χ0n) is 21.9. The number of carbonyl (C=O) groups is 1. The molecule has 0 saturated carbocycles. The van der Waals surface area contributed by atoms with E-state index in [2.05, 4.69) is 46.9 Å². The summed E-state index contributed by atoms with van der Waals surface area (Å²) in [5, 5.41) is 3.88. The molecule has 5 atom stereocenters. The summed E-state index contributed by atoms with van der Waals surface area (Å²) in [6, 6.07) is 0. The molecule has 5 heteroatoms. The van der Waals surface area contributed by atoms with Gasteiger partial charge >= 0.3 is 5.97 Å². The maximum atomic E-state index is 12.2. The Hall–Kier alpha value is -0.650. The van der Waals surface area contributed by atoms with Gasteiger partial charge in [-0.3, -0.25) is 4.79 Å². The van der Waals surface area contributed by atoms with Crippen molar-refractivity contribution < 1.29 is 19.0 Å². The van der Waals surface area contributed by atoms with Gasteiger partial charge in [0.25, 0.3) is 0 Å². The molecule has 0 radical (unpaired) electrons. The maximum Gasteiger partial charge on any atom is 0.305 e. The van der Waals surface area contributed by atoms with Gasteiger partial charge in [-0.25, -0.2) is 0 Å². The van der Waals surface area contributed by atoms with Crippen LogP contribution < -0.4 is 5.32 Å². The number of hydrogen-bond acceptors (Lipinski definition) is 5. The summed E-state index contributed by atoms with van der Waals surface area (Å²) in [5.41, 5.74) is -0.0799. The third-order valence-corrected chi connectivity index (χ3v) is 8.15. The largest absolute Gasteiger partial charge is 0.463 e. The highest BCUT2D eigenvalue weighted by Gasteiger charge is 2.59. The van der Waals surface area contributed by atoms with Gasteiger partial charge in [0, 0.05) is 29.8 Å². The summed E-state index contributed by atoms with van der Waals surface area (Å²) in [6.07, 6.45) is 14.4. The summed E-state index contributed by atoms with van der Waals surface area (Å²) in [6.45, 7) is 14.2. The molecule has 1 spiro atoms. The van der Waals surface area contributed by atoms with Crippen molar-refractivity contribution in [3.8, 4) is 0 Å². The summed E-state index contributed by atoms with van der Waals surface area (Å²) in [5.74, 6) is -0.496. The number of piperidine rings is 1. The first-order chi connectivity index (χ1) is 15.2. The quantitative estimate of drug-likeness (QED) is 0.239. The molecule has 188 valence electrons. The summed E-state index contributed by atoms with van der Waals surface area (Å²) < 4.78 is 18.4. The predicted octanol–water partition coefficient (Wildman–Crippen LogP) is 6.53. The second-order valence-electron chi connectivity index (χ2n) is 10.8. The van der Waals surface area contributed by atoms with Crippen LogP contribution in [0.4, 0.5) is 0 Å². The van der Waals surface area contributed by atoms with Crippen LogP contribution in [0.3, 0.4) is 0 Å². The molecule has 2 fully saturated rings. The standard InChI is InChI=1S/C27H51NO4/c1-7-10-11-12-13-14-15-16-17-18-24(29)30-19-23-20-31-27(32-23)21-25(5,8-2)28-26(6,9-3)22(27)4/h22-23,28H,7-21H2,1-6H3. The van der Waals surface area contributed by atoms with E-state index in [0.29, 0.717) is 19.6 Å². The number of carbonyl (C=O) groups excluding carboxylic acids is 1. The van der Waals surface area contributed by atoms with Crippen LogP contribution in [0.15, 0.2) is 0 Å². The van der Waals surface area contributed by atoms with E-state index in [-0.39, 0.29) is 29.1 Å². The van der Waals surface area contributed by atoms with Crippen LogP contribution in [-0.2, 0) is 19.0 Å². The minimum atomic E-state index is -0.602. The molecule has 2 aliphatic rings. The van der Waals surface area contributed by atoms with Crippen molar-refractivity contribution in [3.05, 3.63) is 0 Å². The zero-order valence-corrected chi connectivity index (χ0v) is 21.9. The highest BCUT2D eigenvalue weighted by Crippen LogP contribution is 2.48. The minimum absolute atomic E-state index is 0.0289. The Kier molecular flexibility index (Phi) is 11.0. The van der Waals surface area contributed by atoms with Gasteiger partial charge in [0.15, 0.2) is 5.79 Å². The normalized spacial score (nSPS) is 34.8. The average molecular weight is 454 g/mol. The Morgan fingerprint density at radius 3 is 2.19 bits per heavy atom. The zero-order chi connectivity index (χ0) is 23.7. The fraction of sp³-hybridized carbons (Fsp3) is 0.963. The third kappa shape index (κ3) is 7.43. The van der Waals surface area contributed by atoms with Crippen LogP contribution in [0.1, 0.15) is 125 Å². The number of ether oxygens (including phenoxy) is 3. The molecule has 2 aliphatic heterocycles. The van der Waals surface area contributed by atoms with E-state index in [1.54, 1.807) is 0 Å². The average Bonchev–Trinajstić information content (AvgIpc) is 3.18. The fourth-order valence-corrected chi connectivity index (χ4v) is 5.46. The molecule has 0 aromatic carbocycles. The second kappa shape index (κ2) is 12.7. The maximum absolute atomic E-state index is 12.2. The van der Waals surface area contributed by atoms with Crippen LogP contribution in [-0.4, -0.2) is 42.2 Å². The molecule has 2 heterocycles. The van der Waals surface area contributed by atoms with E-state index in [1.807, 2.05) is 0 Å². The molecule has 1 N–H and O–H groups in total. The molecular weight excluding hydrogens is 402 g/mol. The topological polar surface area (TPSA) is 56.8 Å². The van der Waals surface area contributed by atoms with E-state index in [0.717, 1.165) is 32.1 Å². The Bertz CT molecular complexity index is 570. The summed E-state index contributed by atoms with van der Waals surface area (Å²) in [7, 11) is 0. The van der Waals surface area contributed by atoms with E-state index < -0.39 is 5.79 Å². The van der Waals surface area contributed by atoms with Crippen molar-refractivity contribution in [3.63, 3.8) is 0 Å². The van der Waals surface area contributed by atoms with Crippen LogP contribution in [0, 0.1) is 5.92 Å². The number of unbranched alkanes of at least 4 members (excludes halogenated alkanes) is 8. The Morgan fingerprint density at radius 1 is 0.969 bits per heavy atom. The van der Waals surface area contributed by atoms with Crippen molar-refractivity contribution in [2.24, 2.45) is 5.92 Å². The van der Waals surface area contributed by atoms with Gasteiger partial charge in [0.05, 0.1) is 6.61 Å². The lowest BCUT2D eigenvalue weighted by Crippen LogP contribution is -2.70. The van der Waals surface area contributed by atoms with E-state index in [1.165, 1.54) is 44.9 Å². The van der Waals surface area contributed by atoms with Gasteiger partial charge in [-0.05, 0) is 33.1 Å². The molecule has 0 bridgehead atoms. The lowest BCUT2D eigenvalue weighted by Gasteiger charge is -2.56. The Labute approximate surface area is 197 Å². The lowest BCUT2D eigenvalue weighted by molar-refractivity contribution is -0.253. The lowest BCUT2D eigenvalue weighted by atomic mass is 9.68. The molecular formula is C27H51NO4. The van der Waals surface area contributed by atoms with Crippen LogP contribution >= 0.6 is 0 Å². The first kappa shape index (κ1) is 27.6. The van der Waals surface area contributed by atoms with E-state index in [9.17, 15) is 4.79 Å². The molecule has 32 heavy (non-hydrogen) atoms. The molecule has 0 aliphatic carbocycles. The first-order valence-electron chi connectivity index (χ1n) is 13.5. The molecule has 0 aromatic rings. The monoisotopic (exact) mass is 453 g/mol. The van der Waals surface area contributed by atoms with Crippen LogP contribution in [0.25, 0.3) is 0 Å². The summed E-state index contributed by atoms with van der Waals surface area (Å²) in [4.78, 5) is 12.2. The van der Waals surface area contributed by atoms with Crippen molar-refractivity contribution in [2.75, 3.05) is 13.2 Å². The smallest absolute Gasteiger partial charge is 0.305 e. The molecule has 5 unspecified atom stereocenters. The second-order valence-corrected chi connectivity index (χ2v) is 10.8.